The maximum absolute atomic E-state index is 12.2. The van der Waals surface area contributed by atoms with Crippen LogP contribution >= 0.6 is 0 Å². The van der Waals surface area contributed by atoms with E-state index in [-0.39, 0.29) is 18.3 Å². The number of benzene rings is 2. The highest BCUT2D eigenvalue weighted by Gasteiger charge is 2.13. The molecule has 1 aromatic heterocycles. The number of carbonyl (C=O) groups is 2. The SMILES string of the molecule is COc1ccc(-c2noc(CNC(=O)c3ccc(OC(C)=O)cc3)n2)cc1OC. The van der Waals surface area contributed by atoms with Crippen molar-refractivity contribution < 1.29 is 28.3 Å². The topological polar surface area (TPSA) is 113 Å². The van der Waals surface area contributed by atoms with Crippen molar-refractivity contribution in [1.82, 2.24) is 15.5 Å². The first-order valence-electron chi connectivity index (χ1n) is 8.62. The fourth-order valence-corrected chi connectivity index (χ4v) is 2.52. The number of hydrogen-bond acceptors (Lipinski definition) is 8. The van der Waals surface area contributed by atoms with E-state index < -0.39 is 5.97 Å². The molecule has 0 aliphatic carbocycles. The molecule has 0 spiro atoms. The van der Waals surface area contributed by atoms with Gasteiger partial charge in [0.25, 0.3) is 5.91 Å². The van der Waals surface area contributed by atoms with E-state index in [0.29, 0.717) is 34.2 Å². The molecule has 0 aliphatic heterocycles. The molecule has 0 radical (unpaired) electrons. The largest absolute Gasteiger partial charge is 0.493 e. The summed E-state index contributed by atoms with van der Waals surface area (Å²) in [5.41, 5.74) is 1.09. The van der Waals surface area contributed by atoms with Crippen LogP contribution in [0.2, 0.25) is 0 Å². The second kappa shape index (κ2) is 8.87. The summed E-state index contributed by atoms with van der Waals surface area (Å²) in [4.78, 5) is 27.4. The third-order valence-electron chi connectivity index (χ3n) is 3.89. The minimum Gasteiger partial charge on any atom is -0.493 e. The number of amides is 1. The summed E-state index contributed by atoms with van der Waals surface area (Å²) >= 11 is 0. The Morgan fingerprint density at radius 2 is 1.76 bits per heavy atom. The van der Waals surface area contributed by atoms with Gasteiger partial charge in [0, 0.05) is 18.1 Å². The first-order valence-corrected chi connectivity index (χ1v) is 8.62. The van der Waals surface area contributed by atoms with Crippen LogP contribution < -0.4 is 19.5 Å². The predicted molar refractivity (Wildman–Crippen MR) is 102 cm³/mol. The van der Waals surface area contributed by atoms with Crippen molar-refractivity contribution in [2.45, 2.75) is 13.5 Å². The number of esters is 1. The van der Waals surface area contributed by atoms with Gasteiger partial charge in [-0.25, -0.2) is 0 Å². The molecule has 1 N–H and O–H groups in total. The molecule has 0 fully saturated rings. The molecule has 3 aromatic rings. The summed E-state index contributed by atoms with van der Waals surface area (Å²) in [6.45, 7) is 1.37. The average molecular weight is 397 g/mol. The summed E-state index contributed by atoms with van der Waals surface area (Å²) in [7, 11) is 3.09. The van der Waals surface area contributed by atoms with Crippen LogP contribution in [-0.2, 0) is 11.3 Å². The molecule has 9 heteroatoms. The fraction of sp³-hybridized carbons (Fsp3) is 0.200. The van der Waals surface area contributed by atoms with Crippen molar-refractivity contribution in [2.75, 3.05) is 14.2 Å². The minimum absolute atomic E-state index is 0.0603. The van der Waals surface area contributed by atoms with Crippen LogP contribution in [0.25, 0.3) is 11.4 Å². The van der Waals surface area contributed by atoms with Gasteiger partial charge in [0.1, 0.15) is 5.75 Å². The zero-order valence-electron chi connectivity index (χ0n) is 16.1. The van der Waals surface area contributed by atoms with E-state index >= 15 is 0 Å². The van der Waals surface area contributed by atoms with Crippen molar-refractivity contribution in [3.63, 3.8) is 0 Å². The first-order chi connectivity index (χ1) is 14.0. The Balaban J connectivity index is 1.63. The van der Waals surface area contributed by atoms with E-state index in [1.54, 1.807) is 37.4 Å². The number of hydrogen-bond donors (Lipinski definition) is 1. The Bertz CT molecular complexity index is 1010. The quantitative estimate of drug-likeness (QED) is 0.478. The Kier molecular flexibility index (Phi) is 6.08. The smallest absolute Gasteiger partial charge is 0.308 e. The van der Waals surface area contributed by atoms with E-state index in [1.807, 2.05) is 0 Å². The Hall–Kier alpha value is -3.88. The zero-order chi connectivity index (χ0) is 20.8. The van der Waals surface area contributed by atoms with Crippen molar-refractivity contribution in [3.8, 4) is 28.6 Å². The maximum Gasteiger partial charge on any atom is 0.308 e. The molecule has 0 aliphatic rings. The molecule has 0 bridgehead atoms. The van der Waals surface area contributed by atoms with Crippen LogP contribution in [0.15, 0.2) is 47.0 Å². The number of ether oxygens (including phenoxy) is 3. The predicted octanol–water partition coefficient (Wildman–Crippen LogP) is 2.61. The molecular formula is C20H19N3O6. The van der Waals surface area contributed by atoms with E-state index in [9.17, 15) is 9.59 Å². The van der Waals surface area contributed by atoms with Gasteiger partial charge >= 0.3 is 5.97 Å². The Morgan fingerprint density at radius 1 is 1.03 bits per heavy atom. The van der Waals surface area contributed by atoms with Crippen LogP contribution in [-0.4, -0.2) is 36.2 Å². The summed E-state index contributed by atoms with van der Waals surface area (Å²) in [5, 5.41) is 6.62. The van der Waals surface area contributed by atoms with Crippen molar-refractivity contribution >= 4 is 11.9 Å². The van der Waals surface area contributed by atoms with Gasteiger partial charge in [-0.3, -0.25) is 9.59 Å². The molecule has 3 rings (SSSR count). The monoisotopic (exact) mass is 397 g/mol. The normalized spacial score (nSPS) is 10.3. The van der Waals surface area contributed by atoms with Crippen LogP contribution in [0.5, 0.6) is 17.2 Å². The van der Waals surface area contributed by atoms with E-state index in [4.69, 9.17) is 18.7 Å². The van der Waals surface area contributed by atoms with E-state index in [2.05, 4.69) is 15.5 Å². The van der Waals surface area contributed by atoms with Crippen molar-refractivity contribution in [2.24, 2.45) is 0 Å². The lowest BCUT2D eigenvalue weighted by molar-refractivity contribution is -0.131. The van der Waals surface area contributed by atoms with Crippen molar-refractivity contribution in [3.05, 3.63) is 53.9 Å². The highest BCUT2D eigenvalue weighted by Crippen LogP contribution is 2.31. The van der Waals surface area contributed by atoms with Crippen LogP contribution in [0.3, 0.4) is 0 Å². The lowest BCUT2D eigenvalue weighted by atomic mass is 10.2. The Morgan fingerprint density at radius 3 is 2.41 bits per heavy atom. The van der Waals surface area contributed by atoms with Gasteiger partial charge in [0.2, 0.25) is 11.7 Å². The van der Waals surface area contributed by atoms with Gasteiger partial charge in [-0.2, -0.15) is 4.98 Å². The zero-order valence-corrected chi connectivity index (χ0v) is 16.1. The average Bonchev–Trinajstić information content (AvgIpc) is 3.20. The number of rotatable bonds is 7. The molecule has 0 atom stereocenters. The maximum atomic E-state index is 12.2. The summed E-state index contributed by atoms with van der Waals surface area (Å²) in [5.74, 6) is 1.36. The molecule has 0 saturated carbocycles. The van der Waals surface area contributed by atoms with Crippen molar-refractivity contribution in [1.29, 1.82) is 0 Å². The highest BCUT2D eigenvalue weighted by atomic mass is 16.5. The molecule has 1 amide bonds. The lowest BCUT2D eigenvalue weighted by Gasteiger charge is -2.07. The Labute approximate surface area is 166 Å². The standard InChI is InChI=1S/C20H19N3O6/c1-12(24)28-15-7-4-13(5-8-15)20(25)21-11-18-22-19(23-29-18)14-6-9-16(26-2)17(10-14)27-3/h4-10H,11H2,1-3H3,(H,21,25). The number of nitrogens with zero attached hydrogens (tertiary/aromatic N) is 2. The molecule has 0 saturated heterocycles. The third-order valence-corrected chi connectivity index (χ3v) is 3.89. The summed E-state index contributed by atoms with van der Waals surface area (Å²) in [6.07, 6.45) is 0. The van der Waals surface area contributed by atoms with Crippen LogP contribution in [0, 0.1) is 0 Å². The minimum atomic E-state index is -0.427. The highest BCUT2D eigenvalue weighted by molar-refractivity contribution is 5.94. The molecule has 2 aromatic carbocycles. The van der Waals surface area contributed by atoms with Crippen LogP contribution in [0.4, 0.5) is 0 Å². The van der Waals surface area contributed by atoms with Gasteiger partial charge in [0.15, 0.2) is 11.5 Å². The molecule has 0 unspecified atom stereocenters. The third kappa shape index (κ3) is 4.89. The van der Waals surface area contributed by atoms with Gasteiger partial charge in [-0.1, -0.05) is 5.16 Å². The number of carbonyl (C=O) groups excluding carboxylic acids is 2. The second-order valence-corrected chi connectivity index (χ2v) is 5.88. The van der Waals surface area contributed by atoms with E-state index in [0.717, 1.165) is 0 Å². The van der Waals surface area contributed by atoms with Gasteiger partial charge in [-0.15, -0.1) is 0 Å². The molecule has 9 nitrogen and oxygen atoms in total. The van der Waals surface area contributed by atoms with Gasteiger partial charge in [-0.05, 0) is 42.5 Å². The van der Waals surface area contributed by atoms with Gasteiger partial charge < -0.3 is 24.1 Å². The van der Waals surface area contributed by atoms with Gasteiger partial charge in [0.05, 0.1) is 20.8 Å². The van der Waals surface area contributed by atoms with Crippen LogP contribution in [0.1, 0.15) is 23.2 Å². The summed E-state index contributed by atoms with van der Waals surface area (Å²) < 4.78 is 20.6. The molecule has 29 heavy (non-hydrogen) atoms. The van der Waals surface area contributed by atoms with E-state index in [1.165, 1.54) is 26.2 Å². The summed E-state index contributed by atoms with van der Waals surface area (Å²) in [6, 6.07) is 11.4. The molecular weight excluding hydrogens is 378 g/mol. The number of aromatic nitrogens is 2. The number of methoxy groups -OCH3 is 2. The first kappa shape index (κ1) is 19.9. The lowest BCUT2D eigenvalue weighted by Crippen LogP contribution is -2.22. The fourth-order valence-electron chi connectivity index (χ4n) is 2.52. The second-order valence-electron chi connectivity index (χ2n) is 5.88. The number of nitrogens with one attached hydrogen (secondary N) is 1. The molecule has 150 valence electrons. The molecule has 1 heterocycles.